The second-order valence-electron chi connectivity index (χ2n) is 0.0680. The van der Waals surface area contributed by atoms with Gasteiger partial charge in [0.05, 0.1) is 0 Å². The van der Waals surface area contributed by atoms with E-state index in [0.717, 1.165) is 0 Å². The van der Waals surface area contributed by atoms with Gasteiger partial charge < -0.3 is 0 Å². The van der Waals surface area contributed by atoms with Crippen molar-refractivity contribution < 1.29 is 54.1 Å². The first-order valence-corrected chi connectivity index (χ1v) is 0.333. The molecule has 0 aliphatic carbocycles. The summed E-state index contributed by atoms with van der Waals surface area (Å²) >= 11 is 0. The van der Waals surface area contributed by atoms with Crippen molar-refractivity contribution in [2.24, 2.45) is 0 Å². The number of rotatable bonds is 0. The first-order chi connectivity index (χ1) is 1.41. The molecule has 0 amide bonds. The summed E-state index contributed by atoms with van der Waals surface area (Å²) < 4.78 is 1.75. The molecule has 0 bridgehead atoms. The van der Waals surface area contributed by atoms with E-state index in [-0.39, 0.29) is 48.9 Å². The van der Waals surface area contributed by atoms with Gasteiger partial charge in [-0.1, -0.05) is 10.2 Å². The maximum Gasteiger partial charge on any atom is 0.154 e. The van der Waals surface area contributed by atoms with Crippen LogP contribution >= 0.6 is 0 Å². The van der Waals surface area contributed by atoms with Crippen molar-refractivity contribution in [1.82, 2.24) is 0 Å². The van der Waals surface area contributed by atoms with Gasteiger partial charge in [0.2, 0.25) is 0 Å². The normalized spacial score (nSPS) is 3.00. The third kappa shape index (κ3) is 12.2. The van der Waals surface area contributed by atoms with E-state index in [0.29, 0.717) is 0 Å². The smallest absolute Gasteiger partial charge is 0.0772 e. The molecule has 0 radical (unpaired) electrons. The molecule has 0 aliphatic rings. The first-order valence-electron chi connectivity index (χ1n) is 0.333. The molecule has 0 saturated heterocycles. The van der Waals surface area contributed by atoms with Gasteiger partial charge in [0.25, 0.3) is 0 Å². The molecule has 26 valence electrons. The summed E-state index contributed by atoms with van der Waals surface area (Å²) in [5.41, 5.74) is 0. The molecule has 3 nitrogen and oxygen atoms in total. The van der Waals surface area contributed by atoms with Gasteiger partial charge in [-0.3, -0.25) is 0 Å². The minimum atomic E-state index is 0. The molecular weight excluding hydrogens is 179 g/mol. The Bertz CT molecular complexity index is 10.8. The van der Waals surface area contributed by atoms with Crippen molar-refractivity contribution >= 4 is 0 Å². The molecule has 0 saturated carbocycles. The summed E-state index contributed by atoms with van der Waals surface area (Å²) in [6.07, 6.45) is 0. The van der Waals surface area contributed by atoms with Gasteiger partial charge in [-0.15, -0.1) is 0 Å². The fourth-order valence-electron chi connectivity index (χ4n) is 0. The van der Waals surface area contributed by atoms with Crippen LogP contribution in [0.3, 0.4) is 0 Å². The molecule has 0 aromatic carbocycles. The standard InChI is InChI=1S/O3.Xe/c1-3-2;. The Morgan fingerprint density at radius 3 is 1.75 bits per heavy atom. The zero-order chi connectivity index (χ0) is 2.71. The molecular formula is O3Xe. The number of hydrogen-bond donors (Lipinski definition) is 0. The second kappa shape index (κ2) is 9.02. The summed E-state index contributed by atoms with van der Waals surface area (Å²) in [6.45, 7) is 0. The average molecular weight is 179 g/mol. The predicted octanol–water partition coefficient (Wildman–Crippen LogP) is -1.12. The zero-order valence-corrected chi connectivity index (χ0v) is 3.60. The Morgan fingerprint density at radius 1 is 1.75 bits per heavy atom. The third-order valence-corrected chi connectivity index (χ3v) is 0. The van der Waals surface area contributed by atoms with Crippen molar-refractivity contribution in [2.45, 2.75) is 0 Å². The molecule has 0 N–H and O–H groups in total. The van der Waals surface area contributed by atoms with Gasteiger partial charge >= 0.3 is 0 Å². The van der Waals surface area contributed by atoms with E-state index in [9.17, 15) is 0 Å². The van der Waals surface area contributed by atoms with E-state index in [2.05, 4.69) is 0 Å². The maximum absolute atomic E-state index is 7.88. The summed E-state index contributed by atoms with van der Waals surface area (Å²) in [7, 11) is 0. The Hall–Kier alpha value is 0.971. The molecule has 0 spiro atoms. The van der Waals surface area contributed by atoms with Crippen LogP contribution in [-0.2, 0) is 0 Å². The molecule has 0 unspecified atom stereocenters. The van der Waals surface area contributed by atoms with E-state index in [1.54, 1.807) is 4.75 Å². The molecule has 0 rings (SSSR count). The van der Waals surface area contributed by atoms with Crippen molar-refractivity contribution in [3.63, 3.8) is 0 Å². The van der Waals surface area contributed by atoms with Crippen LogP contribution in [0.4, 0.5) is 0 Å². The van der Waals surface area contributed by atoms with E-state index in [1.165, 1.54) is 0 Å². The van der Waals surface area contributed by atoms with Gasteiger partial charge in [0, 0.05) is 48.9 Å². The fourth-order valence-corrected chi connectivity index (χ4v) is 0. The van der Waals surface area contributed by atoms with Crippen LogP contribution in [0.1, 0.15) is 0 Å². The quantitative estimate of drug-likeness (QED) is 0.269. The van der Waals surface area contributed by atoms with E-state index in [4.69, 9.17) is 10.2 Å². The van der Waals surface area contributed by atoms with Gasteiger partial charge in [-0.05, 0) is 0 Å². The first kappa shape index (κ1) is 8.88. The SMILES string of the molecule is O=[O+][O-].[Xe]. The molecule has 4 heteroatoms. The van der Waals surface area contributed by atoms with Crippen LogP contribution in [0.2, 0.25) is 0 Å². The van der Waals surface area contributed by atoms with Crippen LogP contribution in [-0.4, -0.2) is 0 Å². The Labute approximate surface area is 62.9 Å². The third-order valence-electron chi connectivity index (χ3n) is 0. The molecule has 0 aliphatic heterocycles. The summed E-state index contributed by atoms with van der Waals surface area (Å²) in [5, 5.41) is 7.88. The van der Waals surface area contributed by atoms with Crippen molar-refractivity contribution in [2.75, 3.05) is 0 Å². The Balaban J connectivity index is 0. The second-order valence-corrected chi connectivity index (χ2v) is 0.0680. The minimum Gasteiger partial charge on any atom is -0.0772 e. The van der Waals surface area contributed by atoms with Crippen LogP contribution in [0.15, 0.2) is 0 Å². The monoisotopic (exact) mass is 180 g/mol. The topological polar surface area (TPSA) is 51.4 Å². The van der Waals surface area contributed by atoms with Crippen LogP contribution in [0, 0.1) is 58.6 Å². The largest absolute Gasteiger partial charge is 0.154 e. The van der Waals surface area contributed by atoms with Crippen molar-refractivity contribution in [3.05, 3.63) is 9.71 Å². The van der Waals surface area contributed by atoms with Crippen LogP contribution in [0.5, 0.6) is 0 Å². The van der Waals surface area contributed by atoms with Crippen LogP contribution in [0.25, 0.3) is 0 Å². The predicted molar refractivity (Wildman–Crippen MR) is 6.73 cm³/mol. The van der Waals surface area contributed by atoms with Crippen LogP contribution < -0.4 is 5.26 Å². The van der Waals surface area contributed by atoms with Gasteiger partial charge in [-0.25, -0.2) is 0 Å². The minimum absolute atomic E-state index is 0. The molecule has 0 aromatic rings. The Morgan fingerprint density at radius 2 is 1.75 bits per heavy atom. The van der Waals surface area contributed by atoms with Gasteiger partial charge in [0.1, 0.15) is 0 Å². The molecule has 4 heavy (non-hydrogen) atoms. The van der Waals surface area contributed by atoms with Crippen molar-refractivity contribution in [1.29, 1.82) is 0 Å². The maximum atomic E-state index is 7.88. The molecule has 0 fully saturated rings. The van der Waals surface area contributed by atoms with Gasteiger partial charge in [0.15, 0.2) is 4.75 Å². The summed E-state index contributed by atoms with van der Waals surface area (Å²) in [6, 6.07) is 0. The summed E-state index contributed by atoms with van der Waals surface area (Å²) in [5.74, 6) is 0. The fraction of sp³-hybridized carbons (Fsp3) is 0. The molecule has 0 atom stereocenters. The molecule has 0 aromatic heterocycles. The van der Waals surface area contributed by atoms with E-state index >= 15 is 0 Å². The molecule has 0 heterocycles. The van der Waals surface area contributed by atoms with E-state index < -0.39 is 0 Å². The van der Waals surface area contributed by atoms with Gasteiger partial charge in [-0.2, -0.15) is 0 Å². The number of hydrogen-bond acceptors (Lipinski definition) is 2. The Kier molecular flexibility index (Phi) is 20.0. The van der Waals surface area contributed by atoms with Crippen molar-refractivity contribution in [3.8, 4) is 0 Å². The average Bonchev–Trinajstić information content (AvgIpc) is 0.918. The summed E-state index contributed by atoms with van der Waals surface area (Å²) in [4.78, 5) is 7.88. The van der Waals surface area contributed by atoms with E-state index in [1.807, 2.05) is 0 Å². The zero-order valence-electron chi connectivity index (χ0n) is 1.58.